The lowest BCUT2D eigenvalue weighted by atomic mass is 9.90. The van der Waals surface area contributed by atoms with E-state index in [9.17, 15) is 4.39 Å². The highest BCUT2D eigenvalue weighted by atomic mass is 19.1. The molecule has 1 aliphatic rings. The Morgan fingerprint density at radius 1 is 1.28 bits per heavy atom. The van der Waals surface area contributed by atoms with Crippen molar-refractivity contribution in [1.29, 1.82) is 0 Å². The lowest BCUT2D eigenvalue weighted by molar-refractivity contribution is 0.196. The van der Waals surface area contributed by atoms with Crippen molar-refractivity contribution < 1.29 is 4.39 Å². The van der Waals surface area contributed by atoms with Crippen molar-refractivity contribution in [3.8, 4) is 11.1 Å². The Morgan fingerprint density at radius 3 is 2.88 bits per heavy atom. The lowest BCUT2D eigenvalue weighted by Crippen LogP contribution is -2.34. The molecule has 0 saturated carbocycles. The quantitative estimate of drug-likeness (QED) is 0.763. The van der Waals surface area contributed by atoms with Crippen LogP contribution in [0.25, 0.3) is 11.1 Å². The second kappa shape index (κ2) is 6.80. The highest BCUT2D eigenvalue weighted by Crippen LogP contribution is 2.33. The van der Waals surface area contributed by atoms with Crippen LogP contribution < -0.4 is 0 Å². The summed E-state index contributed by atoms with van der Waals surface area (Å²) in [6, 6.07) is 6.63. The molecule has 1 saturated heterocycles. The summed E-state index contributed by atoms with van der Waals surface area (Å²) in [5, 5.41) is 7.44. The van der Waals surface area contributed by atoms with Gasteiger partial charge in [0.25, 0.3) is 0 Å². The van der Waals surface area contributed by atoms with Gasteiger partial charge >= 0.3 is 0 Å². The first-order valence-corrected chi connectivity index (χ1v) is 8.71. The Bertz CT molecular complexity index is 836. The van der Waals surface area contributed by atoms with Crippen molar-refractivity contribution in [3.05, 3.63) is 59.7 Å². The SMILES string of the molecule is Cc1[nH]cnc1CN1CCC[C@@H](c2[nH]ncc2-c2ccc(F)cc2)C1. The third kappa shape index (κ3) is 3.35. The molecule has 0 spiro atoms. The summed E-state index contributed by atoms with van der Waals surface area (Å²) >= 11 is 0. The molecule has 5 nitrogen and oxygen atoms in total. The van der Waals surface area contributed by atoms with Gasteiger partial charge < -0.3 is 4.98 Å². The first-order valence-electron chi connectivity index (χ1n) is 8.71. The van der Waals surface area contributed by atoms with E-state index in [1.807, 2.05) is 18.3 Å². The van der Waals surface area contributed by atoms with E-state index in [4.69, 9.17) is 0 Å². The van der Waals surface area contributed by atoms with E-state index in [2.05, 4.69) is 32.0 Å². The van der Waals surface area contributed by atoms with Crippen LogP contribution in [0.15, 0.2) is 36.8 Å². The third-order valence-electron chi connectivity index (χ3n) is 5.05. The van der Waals surface area contributed by atoms with Gasteiger partial charge in [-0.15, -0.1) is 0 Å². The first-order chi connectivity index (χ1) is 12.2. The van der Waals surface area contributed by atoms with Gasteiger partial charge in [0.1, 0.15) is 5.82 Å². The Labute approximate surface area is 146 Å². The molecule has 2 N–H and O–H groups in total. The summed E-state index contributed by atoms with van der Waals surface area (Å²) in [5.41, 5.74) is 5.47. The van der Waals surface area contributed by atoms with Gasteiger partial charge in [-0.3, -0.25) is 10.00 Å². The van der Waals surface area contributed by atoms with Crippen molar-refractivity contribution in [2.24, 2.45) is 0 Å². The van der Waals surface area contributed by atoms with Crippen LogP contribution in [0, 0.1) is 12.7 Å². The van der Waals surface area contributed by atoms with Gasteiger partial charge in [-0.2, -0.15) is 5.10 Å². The molecule has 0 aliphatic carbocycles. The van der Waals surface area contributed by atoms with Crippen LogP contribution in [0.3, 0.4) is 0 Å². The molecule has 1 atom stereocenters. The first kappa shape index (κ1) is 16.0. The molecule has 3 heterocycles. The number of nitrogens with one attached hydrogen (secondary N) is 2. The maximum absolute atomic E-state index is 13.2. The van der Waals surface area contributed by atoms with Crippen LogP contribution >= 0.6 is 0 Å². The molecule has 0 bridgehead atoms. The normalized spacial score (nSPS) is 18.6. The molecule has 1 fully saturated rings. The lowest BCUT2D eigenvalue weighted by Gasteiger charge is -2.32. The van der Waals surface area contributed by atoms with Crippen LogP contribution in [-0.4, -0.2) is 38.2 Å². The van der Waals surface area contributed by atoms with Gasteiger partial charge in [-0.25, -0.2) is 9.37 Å². The molecule has 0 radical (unpaired) electrons. The van der Waals surface area contributed by atoms with E-state index in [-0.39, 0.29) is 5.82 Å². The number of halogens is 1. The van der Waals surface area contributed by atoms with E-state index in [0.29, 0.717) is 5.92 Å². The predicted molar refractivity (Wildman–Crippen MR) is 94.6 cm³/mol. The molecule has 0 unspecified atom stereocenters. The van der Waals surface area contributed by atoms with Crippen molar-refractivity contribution in [2.45, 2.75) is 32.2 Å². The van der Waals surface area contributed by atoms with Gasteiger partial charge in [-0.1, -0.05) is 12.1 Å². The highest BCUT2D eigenvalue weighted by Gasteiger charge is 2.25. The van der Waals surface area contributed by atoms with Gasteiger partial charge in [-0.05, 0) is 44.0 Å². The van der Waals surface area contributed by atoms with Gasteiger partial charge in [0.05, 0.1) is 18.2 Å². The van der Waals surface area contributed by atoms with Crippen molar-refractivity contribution >= 4 is 0 Å². The number of aryl methyl sites for hydroxylation is 1. The van der Waals surface area contributed by atoms with Crippen molar-refractivity contribution in [1.82, 2.24) is 25.1 Å². The van der Waals surface area contributed by atoms with Crippen LogP contribution in [-0.2, 0) is 6.54 Å². The average molecular weight is 339 g/mol. The molecular formula is C19H22FN5. The average Bonchev–Trinajstić information content (AvgIpc) is 3.26. The number of H-pyrrole nitrogens is 2. The van der Waals surface area contributed by atoms with E-state index < -0.39 is 0 Å². The number of benzene rings is 1. The number of hydrogen-bond acceptors (Lipinski definition) is 3. The van der Waals surface area contributed by atoms with Crippen LogP contribution in [0.1, 0.15) is 35.8 Å². The standard InChI is InChI=1S/C19H22FN5/c1-13-18(22-12-21-13)11-25-8-2-3-15(10-25)19-17(9-23-24-19)14-4-6-16(20)7-5-14/h4-7,9,12,15H,2-3,8,10-11H2,1H3,(H,21,22)(H,23,24)/t15-/m1/s1. The summed E-state index contributed by atoms with van der Waals surface area (Å²) in [6.45, 7) is 4.99. The summed E-state index contributed by atoms with van der Waals surface area (Å²) in [6.07, 6.45) is 5.88. The van der Waals surface area contributed by atoms with Crippen LogP contribution in [0.4, 0.5) is 4.39 Å². The maximum Gasteiger partial charge on any atom is 0.123 e. The number of imidazole rings is 1. The fraction of sp³-hybridized carbons (Fsp3) is 0.368. The number of piperidine rings is 1. The molecule has 1 aliphatic heterocycles. The Hall–Kier alpha value is -2.47. The molecule has 0 amide bonds. The number of aromatic nitrogens is 4. The molecule has 4 rings (SSSR count). The van der Waals surface area contributed by atoms with Crippen molar-refractivity contribution in [3.63, 3.8) is 0 Å². The van der Waals surface area contributed by atoms with Crippen molar-refractivity contribution in [2.75, 3.05) is 13.1 Å². The van der Waals surface area contributed by atoms with Crippen LogP contribution in [0.2, 0.25) is 0 Å². The number of hydrogen-bond donors (Lipinski definition) is 2. The van der Waals surface area contributed by atoms with E-state index >= 15 is 0 Å². The summed E-state index contributed by atoms with van der Waals surface area (Å²) in [7, 11) is 0. The zero-order valence-electron chi connectivity index (χ0n) is 14.3. The van der Waals surface area contributed by atoms with Gasteiger partial charge in [0, 0.05) is 36.0 Å². The summed E-state index contributed by atoms with van der Waals surface area (Å²) < 4.78 is 13.2. The monoisotopic (exact) mass is 339 g/mol. The molecular weight excluding hydrogens is 317 g/mol. The number of nitrogens with zero attached hydrogens (tertiary/aromatic N) is 3. The summed E-state index contributed by atoms with van der Waals surface area (Å²) in [5.74, 6) is 0.183. The van der Waals surface area contributed by atoms with E-state index in [1.165, 1.54) is 12.1 Å². The highest BCUT2D eigenvalue weighted by molar-refractivity contribution is 5.65. The molecule has 3 aromatic rings. The Morgan fingerprint density at radius 2 is 2.12 bits per heavy atom. The van der Waals surface area contributed by atoms with E-state index in [1.54, 1.807) is 6.33 Å². The maximum atomic E-state index is 13.2. The minimum atomic E-state index is -0.216. The minimum Gasteiger partial charge on any atom is -0.348 e. The number of rotatable bonds is 4. The van der Waals surface area contributed by atoms with E-state index in [0.717, 1.165) is 60.7 Å². The largest absolute Gasteiger partial charge is 0.348 e. The zero-order chi connectivity index (χ0) is 17.2. The Balaban J connectivity index is 1.53. The van der Waals surface area contributed by atoms with Gasteiger partial charge in [0.2, 0.25) is 0 Å². The smallest absolute Gasteiger partial charge is 0.123 e. The summed E-state index contributed by atoms with van der Waals surface area (Å²) in [4.78, 5) is 10.0. The third-order valence-corrected chi connectivity index (χ3v) is 5.05. The molecule has 2 aromatic heterocycles. The zero-order valence-corrected chi connectivity index (χ0v) is 14.3. The Kier molecular flexibility index (Phi) is 4.36. The molecule has 25 heavy (non-hydrogen) atoms. The van der Waals surface area contributed by atoms with Crippen LogP contribution in [0.5, 0.6) is 0 Å². The fourth-order valence-corrected chi connectivity index (χ4v) is 3.66. The second-order valence-electron chi connectivity index (χ2n) is 6.75. The minimum absolute atomic E-state index is 0.216. The topological polar surface area (TPSA) is 60.6 Å². The number of aromatic amines is 2. The molecule has 6 heteroatoms. The fourth-order valence-electron chi connectivity index (χ4n) is 3.66. The molecule has 1 aromatic carbocycles. The van der Waals surface area contributed by atoms with Gasteiger partial charge in [0.15, 0.2) is 0 Å². The predicted octanol–water partition coefficient (Wildman–Crippen LogP) is 3.63. The second-order valence-corrected chi connectivity index (χ2v) is 6.75. The number of likely N-dealkylation sites (tertiary alicyclic amines) is 1. The molecule has 130 valence electrons.